The maximum atomic E-state index is 12.7. The third-order valence-electron chi connectivity index (χ3n) is 4.66. The molecule has 1 fully saturated rings. The Hall–Kier alpha value is -3.16. The van der Waals surface area contributed by atoms with Crippen LogP contribution in [0.5, 0.6) is 0 Å². The highest BCUT2D eigenvalue weighted by molar-refractivity contribution is 5.88. The molecule has 27 heavy (non-hydrogen) atoms. The highest BCUT2D eigenvalue weighted by Gasteiger charge is 2.34. The molecule has 1 saturated heterocycles. The van der Waals surface area contributed by atoms with Crippen molar-refractivity contribution in [2.45, 2.75) is 33.0 Å². The number of carbonyl (C=O) groups excluding carboxylic acids is 2. The number of piperazine rings is 1. The summed E-state index contributed by atoms with van der Waals surface area (Å²) in [4.78, 5) is 46.1. The van der Waals surface area contributed by atoms with Crippen LogP contribution in [0.4, 0.5) is 4.79 Å². The van der Waals surface area contributed by atoms with Gasteiger partial charge in [-0.3, -0.25) is 9.59 Å². The Bertz CT molecular complexity index is 877. The summed E-state index contributed by atoms with van der Waals surface area (Å²) < 4.78 is 0. The molecule has 2 aromatic rings. The number of urea groups is 1. The van der Waals surface area contributed by atoms with E-state index in [0.717, 1.165) is 5.56 Å². The van der Waals surface area contributed by atoms with Crippen molar-refractivity contribution in [1.29, 1.82) is 0 Å². The number of rotatable bonds is 4. The number of hydrogen-bond donors (Lipinski definition) is 2. The van der Waals surface area contributed by atoms with Crippen molar-refractivity contribution in [2.75, 3.05) is 13.1 Å². The van der Waals surface area contributed by atoms with Crippen molar-refractivity contribution in [2.24, 2.45) is 0 Å². The summed E-state index contributed by atoms with van der Waals surface area (Å²) in [6, 6.07) is 8.52. The Kier molecular flexibility index (Phi) is 5.54. The van der Waals surface area contributed by atoms with Gasteiger partial charge in [0.25, 0.3) is 5.56 Å². The third kappa shape index (κ3) is 4.52. The van der Waals surface area contributed by atoms with Crippen LogP contribution in [0, 0.1) is 6.92 Å². The molecule has 0 saturated carbocycles. The molecule has 0 unspecified atom stereocenters. The summed E-state index contributed by atoms with van der Waals surface area (Å²) >= 11 is 0. The minimum absolute atomic E-state index is 0.0775. The maximum Gasteiger partial charge on any atom is 0.318 e. The van der Waals surface area contributed by atoms with Crippen molar-refractivity contribution in [1.82, 2.24) is 25.1 Å². The molecule has 2 heterocycles. The molecule has 3 rings (SSSR count). The molecule has 1 aromatic carbocycles. The van der Waals surface area contributed by atoms with Gasteiger partial charge in [-0.15, -0.1) is 0 Å². The number of aromatic nitrogens is 2. The average molecular weight is 369 g/mol. The Balaban J connectivity index is 1.57. The van der Waals surface area contributed by atoms with Crippen molar-refractivity contribution in [3.05, 3.63) is 63.8 Å². The Morgan fingerprint density at radius 3 is 2.70 bits per heavy atom. The zero-order chi connectivity index (χ0) is 19.4. The lowest BCUT2D eigenvalue weighted by Gasteiger charge is -2.39. The van der Waals surface area contributed by atoms with E-state index in [1.165, 1.54) is 22.9 Å². The molecule has 142 valence electrons. The van der Waals surface area contributed by atoms with Gasteiger partial charge in [0, 0.05) is 25.7 Å². The fraction of sp³-hybridized carbons (Fsp3) is 0.368. The molecular weight excluding hydrogens is 346 g/mol. The smallest absolute Gasteiger partial charge is 0.318 e. The van der Waals surface area contributed by atoms with Crippen LogP contribution < -0.4 is 10.9 Å². The Morgan fingerprint density at radius 1 is 1.26 bits per heavy atom. The van der Waals surface area contributed by atoms with E-state index in [4.69, 9.17) is 0 Å². The van der Waals surface area contributed by atoms with Gasteiger partial charge in [-0.05, 0) is 19.4 Å². The van der Waals surface area contributed by atoms with Gasteiger partial charge in [-0.2, -0.15) is 0 Å². The first kappa shape index (κ1) is 18.6. The lowest BCUT2D eigenvalue weighted by atomic mass is 10.1. The van der Waals surface area contributed by atoms with Crippen LogP contribution in [-0.2, 0) is 17.9 Å². The van der Waals surface area contributed by atoms with E-state index in [-0.39, 0.29) is 24.0 Å². The fourth-order valence-electron chi connectivity index (χ4n) is 3.05. The second-order valence-corrected chi connectivity index (χ2v) is 6.68. The predicted molar refractivity (Wildman–Crippen MR) is 99.9 cm³/mol. The lowest BCUT2D eigenvalue weighted by Crippen LogP contribution is -2.59. The summed E-state index contributed by atoms with van der Waals surface area (Å²) in [5, 5.41) is 2.72. The highest BCUT2D eigenvalue weighted by Crippen LogP contribution is 2.15. The number of hydrogen-bond acceptors (Lipinski definition) is 4. The van der Waals surface area contributed by atoms with E-state index in [2.05, 4.69) is 15.3 Å². The molecule has 3 amide bonds. The van der Waals surface area contributed by atoms with Crippen LogP contribution in [0.1, 0.15) is 23.7 Å². The van der Waals surface area contributed by atoms with Gasteiger partial charge >= 0.3 is 6.03 Å². The number of benzene rings is 1. The van der Waals surface area contributed by atoms with E-state index >= 15 is 0 Å². The summed E-state index contributed by atoms with van der Waals surface area (Å²) in [6.07, 6.45) is 1.29. The molecule has 0 radical (unpaired) electrons. The summed E-state index contributed by atoms with van der Waals surface area (Å²) in [5.41, 5.74) is 2.43. The summed E-state index contributed by atoms with van der Waals surface area (Å²) in [5.74, 6) is -0.0775. The summed E-state index contributed by atoms with van der Waals surface area (Å²) in [6.45, 7) is 5.36. The number of aryl methyl sites for hydroxylation is 1. The number of amides is 3. The van der Waals surface area contributed by atoms with E-state index in [1.54, 1.807) is 11.8 Å². The van der Waals surface area contributed by atoms with E-state index < -0.39 is 6.04 Å². The van der Waals surface area contributed by atoms with Gasteiger partial charge in [0.1, 0.15) is 6.04 Å². The molecule has 0 bridgehead atoms. The molecule has 1 aliphatic rings. The number of H-pyrrole nitrogens is 1. The topological polar surface area (TPSA) is 98.4 Å². The third-order valence-corrected chi connectivity index (χ3v) is 4.66. The largest absolute Gasteiger partial charge is 0.335 e. The SMILES string of the molecule is Cc1ccc(CN2CCN(C(=O)NCc3cc(=O)[nH]cn3)[C@H](C)C2=O)cc1. The molecule has 8 heteroatoms. The van der Waals surface area contributed by atoms with E-state index in [1.807, 2.05) is 31.2 Å². The summed E-state index contributed by atoms with van der Waals surface area (Å²) in [7, 11) is 0. The van der Waals surface area contributed by atoms with Crippen molar-refractivity contribution in [3.8, 4) is 0 Å². The van der Waals surface area contributed by atoms with Crippen molar-refractivity contribution < 1.29 is 9.59 Å². The zero-order valence-corrected chi connectivity index (χ0v) is 15.4. The standard InChI is InChI=1S/C19H23N5O3/c1-13-3-5-15(6-4-13)11-23-7-8-24(14(2)18(23)26)19(27)20-10-16-9-17(25)22-12-21-16/h3-6,9,12,14H,7-8,10-11H2,1-2H3,(H,20,27)(H,21,22,25)/t14-/m1/s1. The lowest BCUT2D eigenvalue weighted by molar-refractivity contribution is -0.139. The number of nitrogens with zero attached hydrogens (tertiary/aromatic N) is 3. The van der Waals surface area contributed by atoms with E-state index in [0.29, 0.717) is 25.3 Å². The molecule has 2 N–H and O–H groups in total. The first-order valence-electron chi connectivity index (χ1n) is 8.86. The van der Waals surface area contributed by atoms with E-state index in [9.17, 15) is 14.4 Å². The normalized spacial score (nSPS) is 17.1. The van der Waals surface area contributed by atoms with Crippen LogP contribution >= 0.6 is 0 Å². The van der Waals surface area contributed by atoms with Gasteiger partial charge in [-0.25, -0.2) is 9.78 Å². The Morgan fingerprint density at radius 2 is 2.00 bits per heavy atom. The quantitative estimate of drug-likeness (QED) is 0.841. The second kappa shape index (κ2) is 8.03. The molecule has 1 atom stereocenters. The highest BCUT2D eigenvalue weighted by atomic mass is 16.2. The van der Waals surface area contributed by atoms with Gasteiger partial charge < -0.3 is 20.1 Å². The van der Waals surface area contributed by atoms with Gasteiger partial charge in [-0.1, -0.05) is 29.8 Å². The minimum Gasteiger partial charge on any atom is -0.335 e. The van der Waals surface area contributed by atoms with Gasteiger partial charge in [0.05, 0.1) is 18.6 Å². The van der Waals surface area contributed by atoms with Crippen LogP contribution in [0.25, 0.3) is 0 Å². The Labute approximate surface area is 157 Å². The molecule has 8 nitrogen and oxygen atoms in total. The fourth-order valence-corrected chi connectivity index (χ4v) is 3.05. The predicted octanol–water partition coefficient (Wildman–Crippen LogP) is 1.02. The number of aromatic amines is 1. The molecule has 1 aromatic heterocycles. The van der Waals surface area contributed by atoms with Crippen LogP contribution in [0.2, 0.25) is 0 Å². The molecular formula is C19H23N5O3. The van der Waals surface area contributed by atoms with Gasteiger partial charge in [0.2, 0.25) is 5.91 Å². The van der Waals surface area contributed by atoms with Gasteiger partial charge in [0.15, 0.2) is 0 Å². The number of carbonyl (C=O) groups is 2. The van der Waals surface area contributed by atoms with Crippen LogP contribution in [-0.4, -0.2) is 50.8 Å². The molecule has 0 spiro atoms. The monoisotopic (exact) mass is 369 g/mol. The average Bonchev–Trinajstić information content (AvgIpc) is 2.65. The second-order valence-electron chi connectivity index (χ2n) is 6.68. The van der Waals surface area contributed by atoms with Crippen molar-refractivity contribution >= 4 is 11.9 Å². The zero-order valence-electron chi connectivity index (χ0n) is 15.4. The molecule has 1 aliphatic heterocycles. The first-order chi connectivity index (χ1) is 12.9. The number of nitrogens with one attached hydrogen (secondary N) is 2. The van der Waals surface area contributed by atoms with Crippen LogP contribution in [0.3, 0.4) is 0 Å². The minimum atomic E-state index is -0.545. The van der Waals surface area contributed by atoms with Crippen LogP contribution in [0.15, 0.2) is 41.5 Å². The first-order valence-corrected chi connectivity index (χ1v) is 8.86. The maximum absolute atomic E-state index is 12.7. The van der Waals surface area contributed by atoms with Crippen molar-refractivity contribution in [3.63, 3.8) is 0 Å². The molecule has 0 aliphatic carbocycles.